The van der Waals surface area contributed by atoms with Crippen molar-refractivity contribution in [1.29, 1.82) is 0 Å². The molecule has 0 amide bonds. The first-order valence-electron chi connectivity index (χ1n) is 22.1. The normalized spacial score (nSPS) is 16.1. The van der Waals surface area contributed by atoms with Crippen molar-refractivity contribution in [3.05, 3.63) is 0 Å². The third kappa shape index (κ3) is 25.4. The van der Waals surface area contributed by atoms with Gasteiger partial charge in [-0.05, 0) is 166 Å². The van der Waals surface area contributed by atoms with E-state index >= 15 is 0 Å². The molecule has 1 aliphatic carbocycles. The molecule has 0 aromatic heterocycles. The summed E-state index contributed by atoms with van der Waals surface area (Å²) in [5, 5.41) is 0. The van der Waals surface area contributed by atoms with E-state index in [1.807, 2.05) is 154 Å². The number of hydrogen-bond donors (Lipinski definition) is 0. The monoisotopic (exact) mass is 1140 g/mol. The fourth-order valence-electron chi connectivity index (χ4n) is 6.85. The van der Waals surface area contributed by atoms with Crippen LogP contribution in [0.4, 0.5) is 0 Å². The van der Waals surface area contributed by atoms with E-state index in [0.29, 0.717) is 64.0 Å². The molecule has 1 fully saturated rings. The minimum Gasteiger partial charge on any atom is -0.374 e. The largest absolute Gasteiger partial charge is 0.500 e. The minimum absolute atomic E-state index is 0.0494. The molecule has 61 heavy (non-hydrogen) atoms. The summed E-state index contributed by atoms with van der Waals surface area (Å²) in [6.07, 6.45) is 9.59. The summed E-state index contributed by atoms with van der Waals surface area (Å²) in [4.78, 5) is 0. The minimum atomic E-state index is -2.61. The summed E-state index contributed by atoms with van der Waals surface area (Å²) in [5.41, 5.74) is 0.241. The molecule has 0 aliphatic heterocycles. The average molecular weight is 1140 g/mol. The highest BCUT2D eigenvalue weighted by Gasteiger charge is 2.52. The van der Waals surface area contributed by atoms with Gasteiger partial charge in [-0.3, -0.25) is 0 Å². The van der Waals surface area contributed by atoms with Gasteiger partial charge in [0, 0.05) is 94.9 Å². The molecule has 1 saturated carbocycles. The maximum atomic E-state index is 6.11. The highest BCUT2D eigenvalue weighted by atomic mass is 33.7. The predicted octanol–water partition coefficient (Wildman–Crippen LogP) is 16.4. The molecule has 1 aliphatic rings. The average Bonchev–Trinajstić information content (AvgIpc) is 3.23. The van der Waals surface area contributed by atoms with Crippen LogP contribution < -0.4 is 0 Å². The molecule has 0 radical (unpaired) electrons. The zero-order chi connectivity index (χ0) is 45.2. The maximum Gasteiger partial charge on any atom is 0.500 e. The van der Waals surface area contributed by atoms with Crippen LogP contribution in [0.5, 0.6) is 0 Å². The van der Waals surface area contributed by atoms with E-state index < -0.39 is 26.4 Å². The second-order valence-electron chi connectivity index (χ2n) is 14.0. The summed E-state index contributed by atoms with van der Waals surface area (Å²) in [5.74, 6) is 3.12. The van der Waals surface area contributed by atoms with Crippen LogP contribution >= 0.6 is 124 Å². The lowest BCUT2D eigenvalue weighted by Gasteiger charge is -2.51. The summed E-state index contributed by atoms with van der Waals surface area (Å²) >= 11 is 0. The van der Waals surface area contributed by atoms with Gasteiger partial charge in [-0.15, -0.1) is 0 Å². The first-order chi connectivity index (χ1) is 29.5. The van der Waals surface area contributed by atoms with E-state index in [-0.39, 0.29) is 10.2 Å². The molecule has 1 rings (SSSR count). The van der Waals surface area contributed by atoms with Gasteiger partial charge in [0.1, 0.15) is 0 Å². The van der Waals surface area contributed by atoms with Gasteiger partial charge < -0.3 is 39.8 Å². The van der Waals surface area contributed by atoms with Crippen molar-refractivity contribution in [3.63, 3.8) is 0 Å². The van der Waals surface area contributed by atoms with Gasteiger partial charge in [0.25, 0.3) is 0 Å². The molecule has 0 aromatic carbocycles. The fraction of sp³-hybridized carbons (Fsp3) is 1.00. The van der Waals surface area contributed by atoms with Crippen LogP contribution in [0.15, 0.2) is 0 Å². The van der Waals surface area contributed by atoms with Crippen molar-refractivity contribution in [2.75, 3.05) is 76.7 Å². The molecule has 1 atom stereocenters. The molecule has 0 spiro atoms. The van der Waals surface area contributed by atoms with Crippen molar-refractivity contribution in [3.8, 4) is 0 Å². The van der Waals surface area contributed by atoms with Crippen molar-refractivity contribution in [1.82, 2.24) is 0 Å². The molecule has 0 N–H and O–H groups in total. The van der Waals surface area contributed by atoms with E-state index in [9.17, 15) is 0 Å². The maximum absolute atomic E-state index is 6.11. The topological polar surface area (TPSA) is 83.1 Å². The van der Waals surface area contributed by atoms with Crippen LogP contribution in [0.2, 0.25) is 18.1 Å². The molecule has 9 nitrogen and oxygen atoms in total. The molecule has 1 unspecified atom stereocenters. The lowest BCUT2D eigenvalue weighted by Crippen LogP contribution is -2.48. The molecule has 0 aromatic rings. The summed E-state index contributed by atoms with van der Waals surface area (Å²) < 4.78 is 55.4. The van der Waals surface area contributed by atoms with Crippen LogP contribution in [0, 0.1) is 5.41 Å². The smallest absolute Gasteiger partial charge is 0.374 e. The Hall–Kier alpha value is 4.49. The molecule has 24 heteroatoms. The van der Waals surface area contributed by atoms with Crippen LogP contribution in [-0.2, 0) is 39.8 Å². The molecular weight excluding hydrogens is 1060 g/mol. The third-order valence-electron chi connectivity index (χ3n) is 9.70. The highest BCUT2D eigenvalue weighted by Crippen LogP contribution is 2.67. The van der Waals surface area contributed by atoms with Crippen molar-refractivity contribution in [2.24, 2.45) is 5.41 Å². The zero-order valence-electron chi connectivity index (χ0n) is 38.9. The second-order valence-corrected chi connectivity index (χ2v) is 41.1. The molecule has 366 valence electrons. The quantitative estimate of drug-likeness (QED) is 0.0251. The molecular formula is C37H80O9S12Si3. The standard InChI is InChI=1S/C37H80O9S12Si3/c1-12-38-59(39-13-2,40-14-3)32-24-29-47-53-56-50-35(51-57-54-48-30-25-33-60(41-15-4,42-16-5)43-17-6)37(11,36(10)27-22-21-23-28-36)52-58-55-49-31-26-34-61(44-18-7,45-19-8)46-20-9/h35H,12-34H2,1-11H3. The Balaban J connectivity index is 3.01. The molecule has 0 saturated heterocycles. The summed E-state index contributed by atoms with van der Waals surface area (Å²) in [6.45, 7) is 29.0. The van der Waals surface area contributed by atoms with Crippen LogP contribution in [0.25, 0.3) is 0 Å². The summed E-state index contributed by atoms with van der Waals surface area (Å²) in [7, 11) is 15.9. The highest BCUT2D eigenvalue weighted by molar-refractivity contribution is 9.29. The van der Waals surface area contributed by atoms with Gasteiger partial charge in [0.2, 0.25) is 0 Å². The fourth-order valence-corrected chi connectivity index (χ4v) is 39.8. The third-order valence-corrected chi connectivity index (χ3v) is 41.5. The Morgan fingerprint density at radius 2 is 0.738 bits per heavy atom. The van der Waals surface area contributed by atoms with Gasteiger partial charge in [-0.1, -0.05) is 90.9 Å². The van der Waals surface area contributed by atoms with E-state index in [0.717, 1.165) is 54.7 Å². The SMILES string of the molecule is CCO[Si](CCCSSSSC(SSSSCCC[Si](OCC)(OCC)OCC)C(C)(SSSSCCC[Si](OCC)(OCC)OCC)C1(C)CCCCC1)(OCC)OCC. The zero-order valence-corrected chi connectivity index (χ0v) is 51.7. The second kappa shape index (κ2) is 39.1. The first kappa shape index (κ1) is 63.5. The lowest BCUT2D eigenvalue weighted by atomic mass is 9.68. The van der Waals surface area contributed by atoms with Gasteiger partial charge in [-0.2, -0.15) is 0 Å². The number of rotatable bonds is 44. The Morgan fingerprint density at radius 3 is 1.03 bits per heavy atom. The van der Waals surface area contributed by atoms with E-state index in [1.54, 1.807) is 0 Å². The molecule has 0 heterocycles. The van der Waals surface area contributed by atoms with E-state index in [4.69, 9.17) is 39.8 Å². The van der Waals surface area contributed by atoms with Gasteiger partial charge in [0.15, 0.2) is 0 Å². The van der Waals surface area contributed by atoms with Crippen molar-refractivity contribution in [2.45, 2.75) is 155 Å². The summed E-state index contributed by atoms with van der Waals surface area (Å²) in [6, 6.07) is 2.58. The van der Waals surface area contributed by atoms with Gasteiger partial charge in [0.05, 0.1) is 9.33 Å². The Morgan fingerprint density at radius 1 is 0.443 bits per heavy atom. The van der Waals surface area contributed by atoms with Crippen LogP contribution in [0.3, 0.4) is 0 Å². The van der Waals surface area contributed by atoms with Crippen molar-refractivity contribution >= 4 is 150 Å². The Labute approximate surface area is 422 Å². The number of hydrogen-bond acceptors (Lipinski definition) is 21. The first-order valence-corrected chi connectivity index (χ1v) is 43.0. The molecule has 0 bridgehead atoms. The van der Waals surface area contributed by atoms with Crippen LogP contribution in [0.1, 0.15) is 128 Å². The lowest BCUT2D eigenvalue weighted by molar-refractivity contribution is 0.0704. The van der Waals surface area contributed by atoms with E-state index in [2.05, 4.69) is 46.2 Å². The van der Waals surface area contributed by atoms with Gasteiger partial charge in [-0.25, -0.2) is 0 Å². The Kier molecular flexibility index (Phi) is 40.8. The van der Waals surface area contributed by atoms with Crippen LogP contribution in [-0.4, -0.2) is 112 Å². The van der Waals surface area contributed by atoms with Crippen molar-refractivity contribution < 1.29 is 39.8 Å². The predicted molar refractivity (Wildman–Crippen MR) is 299 cm³/mol. The van der Waals surface area contributed by atoms with E-state index in [1.165, 1.54) is 32.1 Å². The van der Waals surface area contributed by atoms with Gasteiger partial charge >= 0.3 is 26.4 Å². The Bertz CT molecular complexity index is 953.